The lowest BCUT2D eigenvalue weighted by molar-refractivity contribution is -0.121. The van der Waals surface area contributed by atoms with Crippen LogP contribution in [0.2, 0.25) is 0 Å². The summed E-state index contributed by atoms with van der Waals surface area (Å²) in [6.07, 6.45) is 1.48. The van der Waals surface area contributed by atoms with Gasteiger partial charge in [0.1, 0.15) is 0 Å². The summed E-state index contributed by atoms with van der Waals surface area (Å²) in [7, 11) is 0. The predicted octanol–water partition coefficient (Wildman–Crippen LogP) is 2.93. The zero-order valence-corrected chi connectivity index (χ0v) is 11.4. The standard InChI is InChI=1S/C13H19NO2S/c1-4-9(2)14-13(16)8-6-11(15)12-7-5-10(3)17-12/h5,7,9H,4,6,8H2,1-3H3,(H,14,16). The van der Waals surface area contributed by atoms with Gasteiger partial charge in [0.25, 0.3) is 0 Å². The molecular weight excluding hydrogens is 234 g/mol. The van der Waals surface area contributed by atoms with Crippen LogP contribution in [0.25, 0.3) is 0 Å². The van der Waals surface area contributed by atoms with Gasteiger partial charge in [-0.15, -0.1) is 11.3 Å². The smallest absolute Gasteiger partial charge is 0.220 e. The third kappa shape index (κ3) is 4.69. The SMILES string of the molecule is CCC(C)NC(=O)CCC(=O)c1ccc(C)s1. The molecule has 0 spiro atoms. The Morgan fingerprint density at radius 1 is 1.35 bits per heavy atom. The normalized spacial score (nSPS) is 12.2. The van der Waals surface area contributed by atoms with Crippen LogP contribution in [0.1, 0.15) is 47.7 Å². The fourth-order valence-corrected chi connectivity index (χ4v) is 2.22. The number of hydrogen-bond donors (Lipinski definition) is 1. The molecule has 0 aliphatic rings. The monoisotopic (exact) mass is 253 g/mol. The van der Waals surface area contributed by atoms with Crippen molar-refractivity contribution in [3.8, 4) is 0 Å². The van der Waals surface area contributed by atoms with Crippen molar-refractivity contribution in [2.45, 2.75) is 46.1 Å². The van der Waals surface area contributed by atoms with Crippen molar-refractivity contribution < 1.29 is 9.59 Å². The molecule has 0 radical (unpaired) electrons. The van der Waals surface area contributed by atoms with E-state index in [1.807, 2.05) is 32.9 Å². The largest absolute Gasteiger partial charge is 0.354 e. The molecule has 0 saturated carbocycles. The number of nitrogens with one attached hydrogen (secondary N) is 1. The average molecular weight is 253 g/mol. The van der Waals surface area contributed by atoms with Gasteiger partial charge in [0.2, 0.25) is 5.91 Å². The van der Waals surface area contributed by atoms with Gasteiger partial charge in [-0.25, -0.2) is 0 Å². The maximum absolute atomic E-state index is 11.7. The zero-order valence-electron chi connectivity index (χ0n) is 10.6. The number of hydrogen-bond acceptors (Lipinski definition) is 3. The predicted molar refractivity (Wildman–Crippen MR) is 70.5 cm³/mol. The van der Waals surface area contributed by atoms with Gasteiger partial charge in [0.05, 0.1) is 4.88 Å². The van der Waals surface area contributed by atoms with Crippen molar-refractivity contribution in [1.29, 1.82) is 0 Å². The minimum Gasteiger partial charge on any atom is -0.354 e. The van der Waals surface area contributed by atoms with Crippen LogP contribution in [0, 0.1) is 6.92 Å². The molecule has 0 bridgehead atoms. The average Bonchev–Trinajstić information content (AvgIpc) is 2.72. The molecule has 0 saturated heterocycles. The lowest BCUT2D eigenvalue weighted by atomic mass is 10.1. The van der Waals surface area contributed by atoms with E-state index in [9.17, 15) is 9.59 Å². The molecule has 0 aromatic carbocycles. The van der Waals surface area contributed by atoms with Crippen LogP contribution in [0.3, 0.4) is 0 Å². The molecule has 1 heterocycles. The minimum atomic E-state index is -0.0408. The van der Waals surface area contributed by atoms with E-state index < -0.39 is 0 Å². The van der Waals surface area contributed by atoms with Crippen LogP contribution >= 0.6 is 11.3 Å². The van der Waals surface area contributed by atoms with E-state index in [2.05, 4.69) is 5.32 Å². The Morgan fingerprint density at radius 3 is 2.59 bits per heavy atom. The van der Waals surface area contributed by atoms with E-state index in [1.165, 1.54) is 11.3 Å². The summed E-state index contributed by atoms with van der Waals surface area (Å²) in [5, 5.41) is 2.85. The van der Waals surface area contributed by atoms with Gasteiger partial charge in [-0.3, -0.25) is 9.59 Å². The Morgan fingerprint density at radius 2 is 2.06 bits per heavy atom. The van der Waals surface area contributed by atoms with Crippen LogP contribution in [-0.4, -0.2) is 17.7 Å². The van der Waals surface area contributed by atoms with E-state index in [4.69, 9.17) is 0 Å². The molecule has 1 amide bonds. The zero-order chi connectivity index (χ0) is 12.8. The minimum absolute atomic E-state index is 0.0408. The maximum atomic E-state index is 11.7. The first kappa shape index (κ1) is 13.9. The summed E-state index contributed by atoms with van der Waals surface area (Å²) >= 11 is 1.48. The van der Waals surface area contributed by atoms with Gasteiger partial charge in [-0.1, -0.05) is 6.92 Å². The molecule has 0 aliphatic carbocycles. The quantitative estimate of drug-likeness (QED) is 0.792. The summed E-state index contributed by atoms with van der Waals surface area (Å²) in [4.78, 5) is 25.1. The molecule has 1 aromatic heterocycles. The molecule has 1 rings (SSSR count). The highest BCUT2D eigenvalue weighted by Crippen LogP contribution is 2.17. The molecule has 1 N–H and O–H groups in total. The molecule has 3 nitrogen and oxygen atoms in total. The van der Waals surface area contributed by atoms with Gasteiger partial charge in [0, 0.05) is 23.8 Å². The first-order valence-corrected chi connectivity index (χ1v) is 6.73. The lowest BCUT2D eigenvalue weighted by Crippen LogP contribution is -2.32. The number of thiophene rings is 1. The van der Waals surface area contributed by atoms with Crippen molar-refractivity contribution in [2.75, 3.05) is 0 Å². The summed E-state index contributed by atoms with van der Waals surface area (Å²) < 4.78 is 0. The Balaban J connectivity index is 2.36. The second-order valence-electron chi connectivity index (χ2n) is 4.21. The Labute approximate surface area is 106 Å². The molecule has 94 valence electrons. The van der Waals surface area contributed by atoms with Crippen LogP contribution in [0.15, 0.2) is 12.1 Å². The molecule has 1 unspecified atom stereocenters. The third-order valence-electron chi connectivity index (χ3n) is 2.61. The first-order valence-electron chi connectivity index (χ1n) is 5.92. The van der Waals surface area contributed by atoms with E-state index in [1.54, 1.807) is 0 Å². The van der Waals surface area contributed by atoms with E-state index in [-0.39, 0.29) is 24.2 Å². The van der Waals surface area contributed by atoms with Gasteiger partial charge in [-0.2, -0.15) is 0 Å². The Kier molecular flexibility index (Phi) is 5.35. The molecule has 0 aliphatic heterocycles. The molecule has 1 aromatic rings. The van der Waals surface area contributed by atoms with Crippen LogP contribution in [0.4, 0.5) is 0 Å². The highest BCUT2D eigenvalue weighted by molar-refractivity contribution is 7.14. The van der Waals surface area contributed by atoms with Gasteiger partial charge in [0.15, 0.2) is 5.78 Å². The van der Waals surface area contributed by atoms with Crippen molar-refractivity contribution in [1.82, 2.24) is 5.32 Å². The Bertz CT molecular complexity index is 398. The highest BCUT2D eigenvalue weighted by Gasteiger charge is 2.11. The second kappa shape index (κ2) is 6.55. The topological polar surface area (TPSA) is 46.2 Å². The van der Waals surface area contributed by atoms with Crippen LogP contribution in [-0.2, 0) is 4.79 Å². The highest BCUT2D eigenvalue weighted by atomic mass is 32.1. The second-order valence-corrected chi connectivity index (χ2v) is 5.50. The third-order valence-corrected chi connectivity index (χ3v) is 3.66. The molecule has 1 atom stereocenters. The summed E-state index contributed by atoms with van der Waals surface area (Å²) in [5.41, 5.74) is 0. The number of Topliss-reactive ketones (excluding diaryl/α,β-unsaturated/α-hetero) is 1. The number of aryl methyl sites for hydroxylation is 1. The van der Waals surface area contributed by atoms with Gasteiger partial charge >= 0.3 is 0 Å². The summed E-state index contributed by atoms with van der Waals surface area (Å²) in [5.74, 6) is 0.0170. The number of ketones is 1. The summed E-state index contributed by atoms with van der Waals surface area (Å²) in [6, 6.07) is 3.94. The fourth-order valence-electron chi connectivity index (χ4n) is 1.38. The number of carbonyl (C=O) groups excluding carboxylic acids is 2. The lowest BCUT2D eigenvalue weighted by Gasteiger charge is -2.10. The van der Waals surface area contributed by atoms with Crippen molar-refractivity contribution in [3.63, 3.8) is 0 Å². The Hall–Kier alpha value is -1.16. The molecule has 17 heavy (non-hydrogen) atoms. The van der Waals surface area contributed by atoms with Crippen LogP contribution < -0.4 is 5.32 Å². The van der Waals surface area contributed by atoms with E-state index in [0.29, 0.717) is 6.42 Å². The van der Waals surface area contributed by atoms with E-state index in [0.717, 1.165) is 16.2 Å². The van der Waals surface area contributed by atoms with Gasteiger partial charge in [-0.05, 0) is 32.4 Å². The maximum Gasteiger partial charge on any atom is 0.220 e. The first-order chi connectivity index (χ1) is 8.02. The molecule has 0 fully saturated rings. The van der Waals surface area contributed by atoms with Crippen molar-refractivity contribution >= 4 is 23.0 Å². The summed E-state index contributed by atoms with van der Waals surface area (Å²) in [6.45, 7) is 5.95. The number of carbonyl (C=O) groups is 2. The van der Waals surface area contributed by atoms with Crippen LogP contribution in [0.5, 0.6) is 0 Å². The molecule has 4 heteroatoms. The van der Waals surface area contributed by atoms with Crippen molar-refractivity contribution in [2.24, 2.45) is 0 Å². The number of rotatable bonds is 6. The fraction of sp³-hybridized carbons (Fsp3) is 0.538. The van der Waals surface area contributed by atoms with E-state index >= 15 is 0 Å². The number of amides is 1. The molecular formula is C13H19NO2S. The van der Waals surface area contributed by atoms with Crippen molar-refractivity contribution in [3.05, 3.63) is 21.9 Å². The van der Waals surface area contributed by atoms with Gasteiger partial charge < -0.3 is 5.32 Å².